The van der Waals surface area contributed by atoms with Crippen molar-refractivity contribution in [1.82, 2.24) is 5.32 Å². The Morgan fingerprint density at radius 1 is 1.44 bits per heavy atom. The van der Waals surface area contributed by atoms with E-state index in [1.165, 1.54) is 7.11 Å². The standard InChI is InChI=1S/C12H13F2NO3/c1-17-12(16)10-5-8(6-15-10)18-11-4-7(13)2-3-9(11)14/h2-4,8,10,15H,5-6H2,1H3/t8-,10+/m0/s1. The topological polar surface area (TPSA) is 47.6 Å². The molecule has 0 saturated carbocycles. The molecule has 18 heavy (non-hydrogen) atoms. The van der Waals surface area contributed by atoms with Gasteiger partial charge in [0.2, 0.25) is 0 Å². The normalized spacial score (nSPS) is 22.8. The average molecular weight is 257 g/mol. The summed E-state index contributed by atoms with van der Waals surface area (Å²) >= 11 is 0. The Morgan fingerprint density at radius 2 is 2.22 bits per heavy atom. The van der Waals surface area contributed by atoms with Crippen molar-refractivity contribution in [3.63, 3.8) is 0 Å². The molecule has 1 aliphatic rings. The summed E-state index contributed by atoms with van der Waals surface area (Å²) in [5.74, 6) is -1.73. The molecule has 0 amide bonds. The van der Waals surface area contributed by atoms with Crippen molar-refractivity contribution in [2.24, 2.45) is 0 Å². The minimum Gasteiger partial charge on any atom is -0.486 e. The predicted octanol–water partition coefficient (Wildman–Crippen LogP) is 1.25. The summed E-state index contributed by atoms with van der Waals surface area (Å²) in [7, 11) is 1.30. The first-order valence-corrected chi connectivity index (χ1v) is 5.53. The highest BCUT2D eigenvalue weighted by Gasteiger charge is 2.31. The van der Waals surface area contributed by atoms with Gasteiger partial charge in [0, 0.05) is 19.0 Å². The minimum absolute atomic E-state index is 0.146. The van der Waals surface area contributed by atoms with Crippen LogP contribution in [-0.4, -0.2) is 31.8 Å². The highest BCUT2D eigenvalue weighted by atomic mass is 19.1. The van der Waals surface area contributed by atoms with E-state index in [0.717, 1.165) is 18.2 Å². The van der Waals surface area contributed by atoms with Crippen LogP contribution in [0.1, 0.15) is 6.42 Å². The number of halogens is 2. The zero-order valence-corrected chi connectivity index (χ0v) is 9.78. The van der Waals surface area contributed by atoms with Gasteiger partial charge in [0.25, 0.3) is 0 Å². The minimum atomic E-state index is -0.627. The van der Waals surface area contributed by atoms with Crippen LogP contribution in [0, 0.1) is 11.6 Å². The SMILES string of the molecule is COC(=O)[C@H]1C[C@H](Oc2cc(F)ccc2F)CN1. The van der Waals surface area contributed by atoms with Crippen LogP contribution in [-0.2, 0) is 9.53 Å². The highest BCUT2D eigenvalue weighted by Crippen LogP contribution is 2.22. The van der Waals surface area contributed by atoms with Crippen LogP contribution in [0.25, 0.3) is 0 Å². The molecule has 0 unspecified atom stereocenters. The van der Waals surface area contributed by atoms with Crippen molar-refractivity contribution in [3.8, 4) is 5.75 Å². The Kier molecular flexibility index (Phi) is 3.76. The lowest BCUT2D eigenvalue weighted by Gasteiger charge is -2.13. The van der Waals surface area contributed by atoms with Crippen LogP contribution < -0.4 is 10.1 Å². The molecular formula is C12H13F2NO3. The lowest BCUT2D eigenvalue weighted by Crippen LogP contribution is -2.31. The number of hydrogen-bond donors (Lipinski definition) is 1. The number of nitrogens with one attached hydrogen (secondary N) is 1. The molecule has 1 aromatic carbocycles. The number of carbonyl (C=O) groups excluding carboxylic acids is 1. The predicted molar refractivity (Wildman–Crippen MR) is 59.2 cm³/mol. The quantitative estimate of drug-likeness (QED) is 0.828. The van der Waals surface area contributed by atoms with E-state index in [-0.39, 0.29) is 17.8 Å². The summed E-state index contributed by atoms with van der Waals surface area (Å²) in [6.45, 7) is 0.385. The van der Waals surface area contributed by atoms with Crippen LogP contribution in [0.2, 0.25) is 0 Å². The maximum Gasteiger partial charge on any atom is 0.323 e. The van der Waals surface area contributed by atoms with Gasteiger partial charge in [0.1, 0.15) is 18.0 Å². The largest absolute Gasteiger partial charge is 0.486 e. The maximum atomic E-state index is 13.3. The molecule has 6 heteroatoms. The molecule has 4 nitrogen and oxygen atoms in total. The van der Waals surface area contributed by atoms with E-state index in [4.69, 9.17) is 4.74 Å². The van der Waals surface area contributed by atoms with Gasteiger partial charge in [-0.05, 0) is 12.1 Å². The van der Waals surface area contributed by atoms with E-state index in [2.05, 4.69) is 10.1 Å². The molecule has 1 saturated heterocycles. The van der Waals surface area contributed by atoms with Gasteiger partial charge >= 0.3 is 5.97 Å². The zero-order chi connectivity index (χ0) is 13.1. The molecule has 1 fully saturated rings. The Hall–Kier alpha value is -1.69. The molecule has 98 valence electrons. The fourth-order valence-electron chi connectivity index (χ4n) is 1.86. The van der Waals surface area contributed by atoms with Crippen molar-refractivity contribution in [1.29, 1.82) is 0 Å². The van der Waals surface area contributed by atoms with Crippen molar-refractivity contribution >= 4 is 5.97 Å². The second-order valence-electron chi connectivity index (χ2n) is 4.03. The number of ether oxygens (including phenoxy) is 2. The van der Waals surface area contributed by atoms with E-state index in [1.54, 1.807) is 0 Å². The first-order chi connectivity index (χ1) is 8.60. The molecule has 0 aromatic heterocycles. The summed E-state index contributed by atoms with van der Waals surface area (Å²) in [5.41, 5.74) is 0. The van der Waals surface area contributed by atoms with E-state index in [9.17, 15) is 13.6 Å². The van der Waals surface area contributed by atoms with Crippen molar-refractivity contribution in [2.45, 2.75) is 18.6 Å². The molecule has 2 rings (SSSR count). The summed E-state index contributed by atoms with van der Waals surface area (Å²) < 4.78 is 36.2. The van der Waals surface area contributed by atoms with Crippen LogP contribution in [0.15, 0.2) is 18.2 Å². The van der Waals surface area contributed by atoms with E-state index < -0.39 is 17.7 Å². The molecular weight excluding hydrogens is 244 g/mol. The van der Waals surface area contributed by atoms with Gasteiger partial charge < -0.3 is 14.8 Å². The molecule has 1 heterocycles. The van der Waals surface area contributed by atoms with Gasteiger partial charge in [-0.15, -0.1) is 0 Å². The lowest BCUT2D eigenvalue weighted by molar-refractivity contribution is -0.142. The van der Waals surface area contributed by atoms with E-state index in [1.807, 2.05) is 0 Å². The summed E-state index contributed by atoms with van der Waals surface area (Å²) in [5, 5.41) is 2.90. The Labute approximate surface area is 103 Å². The molecule has 2 atom stereocenters. The summed E-state index contributed by atoms with van der Waals surface area (Å²) in [6.07, 6.45) is -0.0202. The smallest absolute Gasteiger partial charge is 0.323 e. The molecule has 1 aromatic rings. The Morgan fingerprint density at radius 3 is 2.94 bits per heavy atom. The van der Waals surface area contributed by atoms with Gasteiger partial charge in [-0.25, -0.2) is 8.78 Å². The Balaban J connectivity index is 1.99. The fraction of sp³-hybridized carbons (Fsp3) is 0.417. The molecule has 0 spiro atoms. The van der Waals surface area contributed by atoms with Crippen LogP contribution >= 0.6 is 0 Å². The lowest BCUT2D eigenvalue weighted by atomic mass is 10.2. The van der Waals surface area contributed by atoms with Gasteiger partial charge in [0.05, 0.1) is 7.11 Å². The molecule has 1 N–H and O–H groups in total. The first kappa shape index (κ1) is 12.8. The third kappa shape index (κ3) is 2.76. The van der Waals surface area contributed by atoms with Crippen molar-refractivity contribution < 1.29 is 23.0 Å². The average Bonchev–Trinajstić information content (AvgIpc) is 2.81. The van der Waals surface area contributed by atoms with Crippen molar-refractivity contribution in [3.05, 3.63) is 29.8 Å². The van der Waals surface area contributed by atoms with Crippen LogP contribution in [0.5, 0.6) is 5.75 Å². The third-order valence-electron chi connectivity index (χ3n) is 2.76. The number of benzene rings is 1. The number of hydrogen-bond acceptors (Lipinski definition) is 4. The Bertz CT molecular complexity index is 453. The van der Waals surface area contributed by atoms with Gasteiger partial charge in [-0.1, -0.05) is 0 Å². The fourth-order valence-corrected chi connectivity index (χ4v) is 1.86. The number of methoxy groups -OCH3 is 1. The maximum absolute atomic E-state index is 13.3. The third-order valence-corrected chi connectivity index (χ3v) is 2.76. The molecule has 0 radical (unpaired) electrons. The number of esters is 1. The van der Waals surface area contributed by atoms with E-state index in [0.29, 0.717) is 13.0 Å². The number of rotatable bonds is 3. The number of carbonyl (C=O) groups is 1. The second-order valence-corrected chi connectivity index (χ2v) is 4.03. The second kappa shape index (κ2) is 5.30. The van der Waals surface area contributed by atoms with Crippen LogP contribution in [0.3, 0.4) is 0 Å². The first-order valence-electron chi connectivity index (χ1n) is 5.53. The molecule has 0 aliphatic carbocycles. The van der Waals surface area contributed by atoms with Crippen LogP contribution in [0.4, 0.5) is 8.78 Å². The summed E-state index contributed by atoms with van der Waals surface area (Å²) in [6, 6.07) is 2.55. The zero-order valence-electron chi connectivity index (χ0n) is 9.78. The highest BCUT2D eigenvalue weighted by molar-refractivity contribution is 5.76. The summed E-state index contributed by atoms with van der Waals surface area (Å²) in [4.78, 5) is 11.3. The monoisotopic (exact) mass is 257 g/mol. The van der Waals surface area contributed by atoms with Gasteiger partial charge in [-0.3, -0.25) is 4.79 Å². The van der Waals surface area contributed by atoms with Crippen molar-refractivity contribution in [2.75, 3.05) is 13.7 Å². The van der Waals surface area contributed by atoms with Gasteiger partial charge in [-0.2, -0.15) is 0 Å². The van der Waals surface area contributed by atoms with E-state index >= 15 is 0 Å². The van der Waals surface area contributed by atoms with Gasteiger partial charge in [0.15, 0.2) is 11.6 Å². The molecule has 0 bridgehead atoms. The molecule has 1 aliphatic heterocycles.